The lowest BCUT2D eigenvalue weighted by Crippen LogP contribution is -2.26. The highest BCUT2D eigenvalue weighted by Crippen LogP contribution is 2.28. The van der Waals surface area contributed by atoms with Gasteiger partial charge >= 0.3 is 6.18 Å². The zero-order valence-electron chi connectivity index (χ0n) is 9.79. The average molecular weight is 251 g/mol. The van der Waals surface area contributed by atoms with Gasteiger partial charge in [0.25, 0.3) is 0 Å². The monoisotopic (exact) mass is 251 g/mol. The van der Waals surface area contributed by atoms with Crippen molar-refractivity contribution in [3.8, 4) is 0 Å². The van der Waals surface area contributed by atoms with Crippen LogP contribution in [0.15, 0.2) is 12.4 Å². The number of methoxy groups -OCH3 is 1. The van der Waals surface area contributed by atoms with Crippen LogP contribution in [-0.4, -0.2) is 36.6 Å². The molecule has 1 aromatic rings. The highest BCUT2D eigenvalue weighted by Gasteiger charge is 2.32. The van der Waals surface area contributed by atoms with Crippen LogP contribution in [0, 0.1) is 0 Å². The third-order valence-corrected chi connectivity index (χ3v) is 2.30. The van der Waals surface area contributed by atoms with Gasteiger partial charge in [0.1, 0.15) is 0 Å². The summed E-state index contributed by atoms with van der Waals surface area (Å²) < 4.78 is 43.1. The van der Waals surface area contributed by atoms with E-state index in [1.54, 1.807) is 14.0 Å². The Labute approximate surface area is 97.8 Å². The molecule has 7 heteroatoms. The molecule has 1 rings (SSSR count). The van der Waals surface area contributed by atoms with E-state index in [0.29, 0.717) is 19.7 Å². The van der Waals surface area contributed by atoms with Crippen molar-refractivity contribution >= 4 is 0 Å². The number of rotatable bonds is 6. The zero-order valence-corrected chi connectivity index (χ0v) is 9.79. The minimum absolute atomic E-state index is 0.136. The SMILES string of the molecule is COCCNCC(C)n1cc(C(F)(F)F)cn1. The van der Waals surface area contributed by atoms with Gasteiger partial charge in [-0.15, -0.1) is 0 Å². The summed E-state index contributed by atoms with van der Waals surface area (Å²) in [5.41, 5.74) is -0.721. The molecule has 1 aromatic heterocycles. The second-order valence-corrected chi connectivity index (χ2v) is 3.75. The van der Waals surface area contributed by atoms with E-state index in [1.807, 2.05) is 0 Å². The van der Waals surface area contributed by atoms with Gasteiger partial charge in [-0.05, 0) is 6.92 Å². The van der Waals surface area contributed by atoms with Crippen molar-refractivity contribution in [2.45, 2.75) is 19.1 Å². The number of nitrogens with one attached hydrogen (secondary N) is 1. The van der Waals surface area contributed by atoms with Crippen LogP contribution < -0.4 is 5.32 Å². The number of alkyl halides is 3. The number of hydrogen-bond acceptors (Lipinski definition) is 3. The predicted molar refractivity (Wildman–Crippen MR) is 56.7 cm³/mol. The number of hydrogen-bond donors (Lipinski definition) is 1. The summed E-state index contributed by atoms with van der Waals surface area (Å²) in [7, 11) is 1.59. The molecule has 0 amide bonds. The molecule has 0 radical (unpaired) electrons. The minimum atomic E-state index is -4.33. The zero-order chi connectivity index (χ0) is 12.9. The van der Waals surface area contributed by atoms with Gasteiger partial charge in [-0.1, -0.05) is 0 Å². The molecular weight excluding hydrogens is 235 g/mol. The average Bonchev–Trinajstić information content (AvgIpc) is 2.72. The van der Waals surface area contributed by atoms with E-state index in [1.165, 1.54) is 4.68 Å². The molecule has 0 fully saturated rings. The van der Waals surface area contributed by atoms with Gasteiger partial charge in [-0.25, -0.2) is 0 Å². The van der Waals surface area contributed by atoms with Crippen molar-refractivity contribution in [2.75, 3.05) is 26.8 Å². The Bertz CT molecular complexity index is 338. The Morgan fingerprint density at radius 1 is 1.53 bits per heavy atom. The maximum absolute atomic E-state index is 12.3. The second kappa shape index (κ2) is 6.02. The molecule has 1 unspecified atom stereocenters. The molecule has 1 atom stereocenters. The molecule has 1 N–H and O–H groups in total. The van der Waals surface area contributed by atoms with Crippen molar-refractivity contribution in [2.24, 2.45) is 0 Å². The fourth-order valence-corrected chi connectivity index (χ4v) is 1.30. The van der Waals surface area contributed by atoms with Crippen LogP contribution in [0.5, 0.6) is 0 Å². The van der Waals surface area contributed by atoms with Crippen LogP contribution in [0.1, 0.15) is 18.5 Å². The Morgan fingerprint density at radius 3 is 2.76 bits per heavy atom. The first-order valence-electron chi connectivity index (χ1n) is 5.26. The Balaban J connectivity index is 2.47. The van der Waals surface area contributed by atoms with E-state index < -0.39 is 11.7 Å². The molecule has 0 aliphatic carbocycles. The summed E-state index contributed by atoms with van der Waals surface area (Å²) in [6.45, 7) is 3.57. The van der Waals surface area contributed by atoms with Gasteiger partial charge in [0, 0.05) is 26.4 Å². The van der Waals surface area contributed by atoms with E-state index in [2.05, 4.69) is 10.4 Å². The lowest BCUT2D eigenvalue weighted by molar-refractivity contribution is -0.137. The van der Waals surface area contributed by atoms with Crippen molar-refractivity contribution in [3.63, 3.8) is 0 Å². The molecule has 4 nitrogen and oxygen atoms in total. The van der Waals surface area contributed by atoms with Gasteiger partial charge in [-0.3, -0.25) is 4.68 Å². The van der Waals surface area contributed by atoms with Gasteiger partial charge < -0.3 is 10.1 Å². The molecule has 0 bridgehead atoms. The van der Waals surface area contributed by atoms with Crippen LogP contribution >= 0.6 is 0 Å². The molecular formula is C10H16F3N3O. The van der Waals surface area contributed by atoms with Gasteiger partial charge in [0.05, 0.1) is 24.4 Å². The number of halogens is 3. The Hall–Kier alpha value is -1.08. The highest BCUT2D eigenvalue weighted by molar-refractivity contribution is 5.08. The number of aromatic nitrogens is 2. The fraction of sp³-hybridized carbons (Fsp3) is 0.700. The van der Waals surface area contributed by atoms with Crippen molar-refractivity contribution in [1.82, 2.24) is 15.1 Å². The first kappa shape index (κ1) is 14.0. The number of nitrogens with zero attached hydrogens (tertiary/aromatic N) is 2. The molecule has 98 valence electrons. The van der Waals surface area contributed by atoms with E-state index in [-0.39, 0.29) is 6.04 Å². The molecule has 0 aliphatic rings. The third-order valence-electron chi connectivity index (χ3n) is 2.30. The minimum Gasteiger partial charge on any atom is -0.383 e. The Morgan fingerprint density at radius 2 is 2.24 bits per heavy atom. The second-order valence-electron chi connectivity index (χ2n) is 3.75. The molecule has 1 heterocycles. The summed E-state index contributed by atoms with van der Waals surface area (Å²) in [4.78, 5) is 0. The molecule has 17 heavy (non-hydrogen) atoms. The van der Waals surface area contributed by atoms with E-state index >= 15 is 0 Å². The standard InChI is InChI=1S/C10H16F3N3O/c1-8(5-14-3-4-17-2)16-7-9(6-15-16)10(11,12)13/h6-8,14H,3-5H2,1-2H3. The summed E-state index contributed by atoms with van der Waals surface area (Å²) in [5, 5.41) is 6.77. The molecule has 0 saturated carbocycles. The molecule has 0 spiro atoms. The summed E-state index contributed by atoms with van der Waals surface area (Å²) >= 11 is 0. The maximum atomic E-state index is 12.3. The summed E-state index contributed by atoms with van der Waals surface area (Å²) in [5.74, 6) is 0. The topological polar surface area (TPSA) is 39.1 Å². The molecule has 0 aromatic carbocycles. The van der Waals surface area contributed by atoms with Crippen LogP contribution in [0.25, 0.3) is 0 Å². The largest absolute Gasteiger partial charge is 0.419 e. The number of ether oxygens (including phenoxy) is 1. The highest BCUT2D eigenvalue weighted by atomic mass is 19.4. The Kier molecular flexibility index (Phi) is 4.95. The molecule has 0 aliphatic heterocycles. The first-order chi connectivity index (χ1) is 7.95. The van der Waals surface area contributed by atoms with E-state index in [0.717, 1.165) is 12.4 Å². The smallest absolute Gasteiger partial charge is 0.383 e. The first-order valence-corrected chi connectivity index (χ1v) is 5.26. The van der Waals surface area contributed by atoms with Gasteiger partial charge in [-0.2, -0.15) is 18.3 Å². The lowest BCUT2D eigenvalue weighted by atomic mass is 10.3. The fourth-order valence-electron chi connectivity index (χ4n) is 1.30. The van der Waals surface area contributed by atoms with Crippen molar-refractivity contribution < 1.29 is 17.9 Å². The van der Waals surface area contributed by atoms with Crippen LogP contribution in [-0.2, 0) is 10.9 Å². The predicted octanol–water partition coefficient (Wildman–Crippen LogP) is 1.70. The van der Waals surface area contributed by atoms with Gasteiger partial charge in [0.15, 0.2) is 0 Å². The van der Waals surface area contributed by atoms with Crippen LogP contribution in [0.2, 0.25) is 0 Å². The van der Waals surface area contributed by atoms with Crippen molar-refractivity contribution in [1.29, 1.82) is 0 Å². The van der Waals surface area contributed by atoms with Crippen molar-refractivity contribution in [3.05, 3.63) is 18.0 Å². The summed E-state index contributed by atoms with van der Waals surface area (Å²) in [6.07, 6.45) is -2.48. The van der Waals surface area contributed by atoms with Crippen LogP contribution in [0.4, 0.5) is 13.2 Å². The van der Waals surface area contributed by atoms with E-state index in [9.17, 15) is 13.2 Å². The third kappa shape index (κ3) is 4.35. The summed E-state index contributed by atoms with van der Waals surface area (Å²) in [6, 6.07) is -0.136. The normalized spacial score (nSPS) is 13.9. The quantitative estimate of drug-likeness (QED) is 0.782. The van der Waals surface area contributed by atoms with E-state index in [4.69, 9.17) is 4.74 Å². The van der Waals surface area contributed by atoms with Crippen LogP contribution in [0.3, 0.4) is 0 Å². The lowest BCUT2D eigenvalue weighted by Gasteiger charge is -2.13. The van der Waals surface area contributed by atoms with Gasteiger partial charge in [0.2, 0.25) is 0 Å². The molecule has 0 saturated heterocycles. The maximum Gasteiger partial charge on any atom is 0.419 e.